The lowest BCUT2D eigenvalue weighted by molar-refractivity contribution is -0.134. The maximum Gasteiger partial charge on any atom is 0.330 e. The first kappa shape index (κ1) is 8.95. The largest absolute Gasteiger partial charge is 0.466 e. The molecule has 0 N–H and O–H groups in total. The zero-order valence-electron chi connectivity index (χ0n) is 6.33. The van der Waals surface area contributed by atoms with E-state index in [9.17, 15) is 4.79 Å². The number of methoxy groups -OCH3 is 1. The fraction of sp³-hybridized carbons (Fsp3) is 0.375. The van der Waals surface area contributed by atoms with Crippen molar-refractivity contribution in [2.45, 2.75) is 13.3 Å². The van der Waals surface area contributed by atoms with E-state index in [2.05, 4.69) is 4.74 Å². The second-order valence-electron chi connectivity index (χ2n) is 1.72. The number of ether oxygens (including phenoxy) is 1. The predicted molar refractivity (Wildman–Crippen MR) is 40.6 cm³/mol. The molecule has 0 aromatic heterocycles. The van der Waals surface area contributed by atoms with E-state index in [1.165, 1.54) is 13.2 Å². The minimum absolute atomic E-state index is 0.319. The van der Waals surface area contributed by atoms with Crippen molar-refractivity contribution in [1.82, 2.24) is 0 Å². The topological polar surface area (TPSA) is 26.3 Å². The van der Waals surface area contributed by atoms with Gasteiger partial charge in [-0.3, -0.25) is 0 Å². The summed E-state index contributed by atoms with van der Waals surface area (Å²) in [4.78, 5) is 10.4. The maximum atomic E-state index is 10.4. The van der Waals surface area contributed by atoms with Crippen LogP contribution in [0.15, 0.2) is 24.3 Å². The second-order valence-corrected chi connectivity index (χ2v) is 1.72. The SMILES string of the molecule is CC/C=C\C=C/C(=O)OC. The molecule has 2 heteroatoms. The van der Waals surface area contributed by atoms with Crippen molar-refractivity contribution in [3.8, 4) is 0 Å². The van der Waals surface area contributed by atoms with Gasteiger partial charge >= 0.3 is 5.97 Å². The van der Waals surface area contributed by atoms with E-state index in [-0.39, 0.29) is 5.97 Å². The van der Waals surface area contributed by atoms with Gasteiger partial charge in [-0.15, -0.1) is 0 Å². The summed E-state index contributed by atoms with van der Waals surface area (Å²) in [6.07, 6.45) is 7.80. The van der Waals surface area contributed by atoms with Gasteiger partial charge in [0.1, 0.15) is 0 Å². The molecule has 0 aromatic rings. The Kier molecular flexibility index (Phi) is 5.44. The molecule has 56 valence electrons. The Hall–Kier alpha value is -1.05. The summed E-state index contributed by atoms with van der Waals surface area (Å²) in [7, 11) is 1.36. The zero-order chi connectivity index (χ0) is 7.82. The molecule has 0 bridgehead atoms. The van der Waals surface area contributed by atoms with Gasteiger partial charge in [0.25, 0.3) is 0 Å². The molecule has 0 aliphatic heterocycles. The maximum absolute atomic E-state index is 10.4. The van der Waals surface area contributed by atoms with Crippen molar-refractivity contribution in [2.24, 2.45) is 0 Å². The van der Waals surface area contributed by atoms with Crippen LogP contribution in [-0.2, 0) is 9.53 Å². The molecule has 0 saturated carbocycles. The second kappa shape index (κ2) is 6.08. The lowest BCUT2D eigenvalue weighted by Gasteiger charge is -1.85. The highest BCUT2D eigenvalue weighted by Gasteiger charge is 1.85. The van der Waals surface area contributed by atoms with E-state index in [0.29, 0.717) is 0 Å². The quantitative estimate of drug-likeness (QED) is 0.338. The molecule has 0 radical (unpaired) electrons. The first-order valence-corrected chi connectivity index (χ1v) is 3.22. The zero-order valence-corrected chi connectivity index (χ0v) is 6.33. The molecule has 0 fully saturated rings. The third-order valence-corrected chi connectivity index (χ3v) is 0.916. The van der Waals surface area contributed by atoms with E-state index >= 15 is 0 Å². The molecule has 0 amide bonds. The number of hydrogen-bond acceptors (Lipinski definition) is 2. The summed E-state index contributed by atoms with van der Waals surface area (Å²) in [5.74, 6) is -0.319. The number of carbonyl (C=O) groups is 1. The molecule has 0 aliphatic carbocycles. The van der Waals surface area contributed by atoms with E-state index in [1.54, 1.807) is 6.08 Å². The van der Waals surface area contributed by atoms with Gasteiger partial charge in [0.2, 0.25) is 0 Å². The normalized spacial score (nSPS) is 11.0. The molecule has 0 aromatic carbocycles. The summed E-state index contributed by atoms with van der Waals surface area (Å²) in [5.41, 5.74) is 0. The van der Waals surface area contributed by atoms with Crippen LogP contribution in [0.5, 0.6) is 0 Å². The Labute approximate surface area is 61.2 Å². The molecule has 0 aliphatic rings. The van der Waals surface area contributed by atoms with Crippen LogP contribution < -0.4 is 0 Å². The lowest BCUT2D eigenvalue weighted by atomic mass is 10.4. The van der Waals surface area contributed by atoms with E-state index in [1.807, 2.05) is 19.1 Å². The first-order chi connectivity index (χ1) is 4.81. The minimum atomic E-state index is -0.319. The molecule has 2 nitrogen and oxygen atoms in total. The van der Waals surface area contributed by atoms with Gasteiger partial charge in [0, 0.05) is 6.08 Å². The summed E-state index contributed by atoms with van der Waals surface area (Å²) >= 11 is 0. The Bertz CT molecular complexity index is 145. The fourth-order valence-corrected chi connectivity index (χ4v) is 0.417. The van der Waals surface area contributed by atoms with Crippen LogP contribution in [0, 0.1) is 0 Å². The Morgan fingerprint density at radius 1 is 1.50 bits per heavy atom. The lowest BCUT2D eigenvalue weighted by Crippen LogP contribution is -1.92. The highest BCUT2D eigenvalue weighted by atomic mass is 16.5. The van der Waals surface area contributed by atoms with Crippen molar-refractivity contribution in [3.05, 3.63) is 24.3 Å². The fourth-order valence-electron chi connectivity index (χ4n) is 0.417. The highest BCUT2D eigenvalue weighted by Crippen LogP contribution is 1.82. The average Bonchev–Trinajstić information content (AvgIpc) is 1.98. The van der Waals surface area contributed by atoms with E-state index < -0.39 is 0 Å². The van der Waals surface area contributed by atoms with E-state index in [0.717, 1.165) is 6.42 Å². The van der Waals surface area contributed by atoms with Crippen molar-refractivity contribution >= 4 is 5.97 Å². The van der Waals surface area contributed by atoms with Crippen LogP contribution in [-0.4, -0.2) is 13.1 Å². The summed E-state index contributed by atoms with van der Waals surface area (Å²) in [6, 6.07) is 0. The minimum Gasteiger partial charge on any atom is -0.466 e. The number of carbonyl (C=O) groups excluding carboxylic acids is 1. The Morgan fingerprint density at radius 3 is 2.70 bits per heavy atom. The van der Waals surface area contributed by atoms with Crippen molar-refractivity contribution in [1.29, 1.82) is 0 Å². The molecule has 0 heterocycles. The van der Waals surface area contributed by atoms with E-state index in [4.69, 9.17) is 0 Å². The third kappa shape index (κ3) is 5.09. The molecule has 0 spiro atoms. The first-order valence-electron chi connectivity index (χ1n) is 3.22. The van der Waals surface area contributed by atoms with Crippen molar-refractivity contribution < 1.29 is 9.53 Å². The van der Waals surface area contributed by atoms with Gasteiger partial charge in [-0.05, 0) is 6.42 Å². The Morgan fingerprint density at radius 2 is 2.20 bits per heavy atom. The smallest absolute Gasteiger partial charge is 0.330 e. The Balaban J connectivity index is 3.55. The summed E-state index contributed by atoms with van der Waals surface area (Å²) in [6.45, 7) is 2.03. The molecule has 10 heavy (non-hydrogen) atoms. The number of hydrogen-bond donors (Lipinski definition) is 0. The highest BCUT2D eigenvalue weighted by molar-refractivity contribution is 5.82. The average molecular weight is 140 g/mol. The number of rotatable bonds is 3. The summed E-state index contributed by atoms with van der Waals surface area (Å²) in [5, 5.41) is 0. The van der Waals surface area contributed by atoms with Gasteiger partial charge in [-0.2, -0.15) is 0 Å². The van der Waals surface area contributed by atoms with Gasteiger partial charge in [0.05, 0.1) is 7.11 Å². The molecular formula is C8H12O2. The molecular weight excluding hydrogens is 128 g/mol. The van der Waals surface area contributed by atoms with Gasteiger partial charge < -0.3 is 4.74 Å². The monoisotopic (exact) mass is 140 g/mol. The van der Waals surface area contributed by atoms with Gasteiger partial charge in [-0.1, -0.05) is 25.2 Å². The molecule has 0 rings (SSSR count). The standard InChI is InChI=1S/C8H12O2/c1-3-4-5-6-7-8(9)10-2/h4-7H,3H2,1-2H3/b5-4-,7-6-. The van der Waals surface area contributed by atoms with Gasteiger partial charge in [0.15, 0.2) is 0 Å². The van der Waals surface area contributed by atoms with Crippen LogP contribution >= 0.6 is 0 Å². The van der Waals surface area contributed by atoms with Gasteiger partial charge in [-0.25, -0.2) is 4.79 Å². The van der Waals surface area contributed by atoms with Crippen LogP contribution in [0.4, 0.5) is 0 Å². The summed E-state index contributed by atoms with van der Waals surface area (Å²) < 4.78 is 4.37. The molecule has 0 unspecified atom stereocenters. The third-order valence-electron chi connectivity index (χ3n) is 0.916. The number of esters is 1. The van der Waals surface area contributed by atoms with Crippen LogP contribution in [0.2, 0.25) is 0 Å². The predicted octanol–water partition coefficient (Wildman–Crippen LogP) is 1.68. The van der Waals surface area contributed by atoms with Crippen molar-refractivity contribution in [2.75, 3.05) is 7.11 Å². The van der Waals surface area contributed by atoms with Crippen LogP contribution in [0.25, 0.3) is 0 Å². The van der Waals surface area contributed by atoms with Crippen LogP contribution in [0.3, 0.4) is 0 Å². The molecule has 0 saturated heterocycles. The van der Waals surface area contributed by atoms with Crippen LogP contribution in [0.1, 0.15) is 13.3 Å². The van der Waals surface area contributed by atoms with Crippen molar-refractivity contribution in [3.63, 3.8) is 0 Å². The number of allylic oxidation sites excluding steroid dienone is 3. The molecule has 0 atom stereocenters.